The number of nitrogens with zero attached hydrogens (tertiary/aromatic N) is 3. The van der Waals surface area contributed by atoms with Gasteiger partial charge in [-0.05, 0) is 31.2 Å². The van der Waals surface area contributed by atoms with Crippen molar-refractivity contribution in [3.8, 4) is 0 Å². The van der Waals surface area contributed by atoms with Gasteiger partial charge in [-0.3, -0.25) is 4.31 Å². The Morgan fingerprint density at radius 3 is 2.32 bits per heavy atom. The van der Waals surface area contributed by atoms with Crippen LogP contribution in [0.5, 0.6) is 0 Å². The van der Waals surface area contributed by atoms with E-state index in [1.54, 1.807) is 42.8 Å². The van der Waals surface area contributed by atoms with Crippen molar-refractivity contribution in [3.63, 3.8) is 0 Å². The summed E-state index contributed by atoms with van der Waals surface area (Å²) in [7, 11) is -0.401. The Kier molecular flexibility index (Phi) is 3.23. The lowest BCUT2D eigenvalue weighted by Gasteiger charge is -2.17. The maximum atomic E-state index is 12.4. The second kappa shape index (κ2) is 4.58. The molecule has 0 atom stereocenters. The Bertz CT molecular complexity index is 670. The molecule has 0 bridgehead atoms. The van der Waals surface area contributed by atoms with Crippen molar-refractivity contribution in [2.45, 2.75) is 11.9 Å². The normalized spacial score (nSPS) is 11.5. The van der Waals surface area contributed by atoms with E-state index in [1.807, 2.05) is 0 Å². The van der Waals surface area contributed by atoms with E-state index in [2.05, 4.69) is 4.98 Å². The Morgan fingerprint density at radius 1 is 1.26 bits per heavy atom. The van der Waals surface area contributed by atoms with Crippen molar-refractivity contribution in [1.29, 1.82) is 0 Å². The third-order valence-corrected chi connectivity index (χ3v) is 4.63. The number of benzene rings is 1. The van der Waals surface area contributed by atoms with Crippen LogP contribution in [0.15, 0.2) is 35.5 Å². The Hall–Kier alpha value is -2.02. The van der Waals surface area contributed by atoms with Crippen molar-refractivity contribution in [2.24, 2.45) is 7.05 Å². The SMILES string of the molecule is Cc1nc(S(=O)(=O)N(C)c2ccc(N)cc2)cn1C. The predicted octanol–water partition coefficient (Wildman–Crippen LogP) is 1.14. The molecule has 1 aromatic heterocycles. The first-order valence-electron chi connectivity index (χ1n) is 5.67. The third kappa shape index (κ3) is 2.41. The van der Waals surface area contributed by atoms with Crippen LogP contribution in [0, 0.1) is 6.92 Å². The van der Waals surface area contributed by atoms with Crippen LogP contribution in [-0.2, 0) is 17.1 Å². The maximum Gasteiger partial charge on any atom is 0.283 e. The van der Waals surface area contributed by atoms with E-state index in [-0.39, 0.29) is 5.03 Å². The van der Waals surface area contributed by atoms with E-state index >= 15 is 0 Å². The van der Waals surface area contributed by atoms with E-state index in [0.717, 1.165) is 0 Å². The number of sulfonamides is 1. The van der Waals surface area contributed by atoms with E-state index < -0.39 is 10.0 Å². The molecule has 0 unspecified atom stereocenters. The zero-order chi connectivity index (χ0) is 14.2. The molecule has 0 aliphatic carbocycles. The molecule has 102 valence electrons. The number of nitrogens with two attached hydrogens (primary N) is 1. The molecule has 1 heterocycles. The number of hydrogen-bond acceptors (Lipinski definition) is 4. The molecule has 0 radical (unpaired) electrons. The highest BCUT2D eigenvalue weighted by Gasteiger charge is 2.24. The number of aryl methyl sites for hydroxylation is 2. The summed E-state index contributed by atoms with van der Waals surface area (Å²) in [4.78, 5) is 4.05. The minimum atomic E-state index is -3.65. The van der Waals surface area contributed by atoms with Gasteiger partial charge < -0.3 is 10.3 Å². The first-order chi connectivity index (χ1) is 8.82. The van der Waals surface area contributed by atoms with Gasteiger partial charge in [0.15, 0.2) is 5.03 Å². The van der Waals surface area contributed by atoms with E-state index in [1.165, 1.54) is 17.5 Å². The molecule has 0 aliphatic rings. The fourth-order valence-electron chi connectivity index (χ4n) is 1.61. The van der Waals surface area contributed by atoms with Crippen LogP contribution >= 0.6 is 0 Å². The van der Waals surface area contributed by atoms with Crippen LogP contribution in [0.3, 0.4) is 0 Å². The summed E-state index contributed by atoms with van der Waals surface area (Å²) in [5, 5.41) is 0.0341. The fraction of sp³-hybridized carbons (Fsp3) is 0.250. The lowest BCUT2D eigenvalue weighted by atomic mass is 10.3. The summed E-state index contributed by atoms with van der Waals surface area (Å²) < 4.78 is 27.7. The number of rotatable bonds is 3. The molecule has 0 spiro atoms. The van der Waals surface area contributed by atoms with E-state index in [9.17, 15) is 8.42 Å². The van der Waals surface area contributed by atoms with Gasteiger partial charge >= 0.3 is 0 Å². The molecule has 0 fully saturated rings. The molecule has 2 N–H and O–H groups in total. The fourth-order valence-corrected chi connectivity index (χ4v) is 2.83. The lowest BCUT2D eigenvalue weighted by Crippen LogP contribution is -2.26. The average Bonchev–Trinajstić information content (AvgIpc) is 2.70. The minimum Gasteiger partial charge on any atom is -0.399 e. The highest BCUT2D eigenvalue weighted by atomic mass is 32.2. The molecule has 0 saturated heterocycles. The van der Waals surface area contributed by atoms with E-state index in [0.29, 0.717) is 17.2 Å². The predicted molar refractivity (Wildman–Crippen MR) is 74.4 cm³/mol. The minimum absolute atomic E-state index is 0.0341. The third-order valence-electron chi connectivity index (χ3n) is 2.97. The quantitative estimate of drug-likeness (QED) is 0.855. The standard InChI is InChI=1S/C12H16N4O2S/c1-9-14-12(8-15(9)2)19(17,18)16(3)11-6-4-10(13)5-7-11/h4-8H,13H2,1-3H3. The molecule has 2 aromatic rings. The van der Waals surface area contributed by atoms with Crippen LogP contribution in [0.1, 0.15) is 5.82 Å². The van der Waals surface area contributed by atoms with Crippen molar-refractivity contribution in [3.05, 3.63) is 36.3 Å². The molecular formula is C12H16N4O2S. The number of nitrogen functional groups attached to an aromatic ring is 1. The summed E-state index contributed by atoms with van der Waals surface area (Å²) in [5.74, 6) is 0.643. The molecule has 0 saturated carbocycles. The van der Waals surface area contributed by atoms with Crippen molar-refractivity contribution in [2.75, 3.05) is 17.1 Å². The van der Waals surface area contributed by atoms with Gasteiger partial charge in [-0.2, -0.15) is 8.42 Å². The van der Waals surface area contributed by atoms with Gasteiger partial charge in [-0.15, -0.1) is 0 Å². The molecule has 19 heavy (non-hydrogen) atoms. The molecule has 0 amide bonds. The van der Waals surface area contributed by atoms with Crippen molar-refractivity contribution < 1.29 is 8.42 Å². The van der Waals surface area contributed by atoms with Crippen molar-refractivity contribution >= 4 is 21.4 Å². The summed E-state index contributed by atoms with van der Waals surface area (Å²) in [6.45, 7) is 1.75. The summed E-state index contributed by atoms with van der Waals surface area (Å²) in [6.07, 6.45) is 1.50. The summed E-state index contributed by atoms with van der Waals surface area (Å²) in [5.41, 5.74) is 6.71. The second-order valence-electron chi connectivity index (χ2n) is 4.30. The van der Waals surface area contributed by atoms with Gasteiger partial charge in [-0.1, -0.05) is 0 Å². The largest absolute Gasteiger partial charge is 0.399 e. The summed E-state index contributed by atoms with van der Waals surface area (Å²) >= 11 is 0. The molecule has 2 rings (SSSR count). The highest BCUT2D eigenvalue weighted by molar-refractivity contribution is 7.92. The van der Waals surface area contributed by atoms with Crippen molar-refractivity contribution in [1.82, 2.24) is 9.55 Å². The Labute approximate surface area is 112 Å². The van der Waals surface area contributed by atoms with E-state index in [4.69, 9.17) is 5.73 Å². The molecule has 1 aromatic carbocycles. The van der Waals surface area contributed by atoms with Gasteiger partial charge in [0.1, 0.15) is 5.82 Å². The maximum absolute atomic E-state index is 12.4. The first-order valence-corrected chi connectivity index (χ1v) is 7.11. The number of hydrogen-bond donors (Lipinski definition) is 1. The van der Waals surface area contributed by atoms with Crippen LogP contribution in [0.2, 0.25) is 0 Å². The Balaban J connectivity index is 2.41. The second-order valence-corrected chi connectivity index (χ2v) is 6.22. The monoisotopic (exact) mass is 280 g/mol. The smallest absolute Gasteiger partial charge is 0.283 e. The zero-order valence-corrected chi connectivity index (χ0v) is 11.8. The van der Waals surface area contributed by atoms with Crippen LogP contribution < -0.4 is 10.0 Å². The van der Waals surface area contributed by atoms with Gasteiger partial charge in [0.25, 0.3) is 10.0 Å². The van der Waals surface area contributed by atoms with Gasteiger partial charge in [0.05, 0.1) is 5.69 Å². The molecule has 7 heteroatoms. The summed E-state index contributed by atoms with van der Waals surface area (Å²) in [6, 6.07) is 6.63. The number of imidazole rings is 1. The number of anilines is 2. The van der Waals surface area contributed by atoms with Gasteiger partial charge in [0.2, 0.25) is 0 Å². The van der Waals surface area contributed by atoms with Crippen LogP contribution in [0.25, 0.3) is 0 Å². The van der Waals surface area contributed by atoms with Crippen LogP contribution in [-0.4, -0.2) is 25.0 Å². The number of aromatic nitrogens is 2. The Morgan fingerprint density at radius 2 is 1.84 bits per heavy atom. The molecule has 0 aliphatic heterocycles. The van der Waals surface area contributed by atoms with Gasteiger partial charge in [0, 0.05) is 26.0 Å². The molecular weight excluding hydrogens is 264 g/mol. The molecule has 6 nitrogen and oxygen atoms in total. The average molecular weight is 280 g/mol. The first kappa shape index (κ1) is 13.4. The lowest BCUT2D eigenvalue weighted by molar-refractivity contribution is 0.591. The van der Waals surface area contributed by atoms with Crippen LogP contribution in [0.4, 0.5) is 11.4 Å². The topological polar surface area (TPSA) is 81.2 Å². The highest BCUT2D eigenvalue weighted by Crippen LogP contribution is 2.22. The zero-order valence-electron chi connectivity index (χ0n) is 11.0. The van der Waals surface area contributed by atoms with Gasteiger partial charge in [-0.25, -0.2) is 4.98 Å².